The first kappa shape index (κ1) is 19.7. The molecule has 1 saturated heterocycles. The van der Waals surface area contributed by atoms with Crippen LogP contribution in [-0.4, -0.2) is 40.6 Å². The number of imidazole rings is 1. The molecule has 1 fully saturated rings. The smallest absolute Gasteiger partial charge is 0.214 e. The number of hydrogen-bond donors (Lipinski definition) is 0. The SMILES string of the molecule is COc1ccc(C(=O)C2CCN(c3nn4cc(-c5ccc(F)cc5)nc4s3)CC2)cc1. The number of methoxy groups -OCH3 is 1. The molecule has 31 heavy (non-hydrogen) atoms. The molecular formula is C23H21FN4O2S. The molecule has 8 heteroatoms. The van der Waals surface area contributed by atoms with E-state index in [9.17, 15) is 9.18 Å². The Bertz CT molecular complexity index is 1180. The van der Waals surface area contributed by atoms with Crippen molar-refractivity contribution in [3.05, 3.63) is 66.1 Å². The number of anilines is 1. The zero-order valence-corrected chi connectivity index (χ0v) is 17.8. The summed E-state index contributed by atoms with van der Waals surface area (Å²) in [6, 6.07) is 13.6. The van der Waals surface area contributed by atoms with Gasteiger partial charge in [0.2, 0.25) is 10.1 Å². The van der Waals surface area contributed by atoms with Gasteiger partial charge in [-0.15, -0.1) is 5.10 Å². The highest BCUT2D eigenvalue weighted by atomic mass is 32.1. The third-order valence-corrected chi connectivity index (χ3v) is 6.67. The number of carbonyl (C=O) groups is 1. The quantitative estimate of drug-likeness (QED) is 0.424. The lowest BCUT2D eigenvalue weighted by Crippen LogP contribution is -2.36. The second kappa shape index (κ2) is 8.11. The first-order chi connectivity index (χ1) is 15.1. The van der Waals surface area contributed by atoms with Crippen molar-refractivity contribution in [1.29, 1.82) is 0 Å². The van der Waals surface area contributed by atoms with Crippen molar-refractivity contribution in [2.75, 3.05) is 25.1 Å². The Kier molecular flexibility index (Phi) is 5.15. The highest BCUT2D eigenvalue weighted by molar-refractivity contribution is 7.20. The average molecular weight is 437 g/mol. The molecule has 4 aromatic rings. The molecule has 2 aromatic carbocycles. The fraction of sp³-hybridized carbons (Fsp3) is 0.261. The molecule has 1 aliphatic rings. The third kappa shape index (κ3) is 3.90. The molecule has 5 rings (SSSR count). The van der Waals surface area contributed by atoms with Gasteiger partial charge in [-0.1, -0.05) is 11.3 Å². The van der Waals surface area contributed by atoms with Crippen LogP contribution in [0, 0.1) is 11.7 Å². The molecular weight excluding hydrogens is 415 g/mol. The van der Waals surface area contributed by atoms with Crippen LogP contribution in [0.2, 0.25) is 0 Å². The van der Waals surface area contributed by atoms with Gasteiger partial charge in [-0.2, -0.15) is 0 Å². The summed E-state index contributed by atoms with van der Waals surface area (Å²) in [6.07, 6.45) is 3.46. The van der Waals surface area contributed by atoms with Gasteiger partial charge in [0.15, 0.2) is 5.78 Å². The number of hydrogen-bond acceptors (Lipinski definition) is 6. The summed E-state index contributed by atoms with van der Waals surface area (Å²) in [7, 11) is 1.62. The number of piperidine rings is 1. The van der Waals surface area contributed by atoms with Crippen LogP contribution in [0.5, 0.6) is 5.75 Å². The molecule has 0 amide bonds. The van der Waals surface area contributed by atoms with E-state index in [1.54, 1.807) is 23.8 Å². The van der Waals surface area contributed by atoms with E-state index in [2.05, 4.69) is 15.0 Å². The van der Waals surface area contributed by atoms with Crippen molar-refractivity contribution in [1.82, 2.24) is 14.6 Å². The summed E-state index contributed by atoms with van der Waals surface area (Å²) >= 11 is 1.53. The van der Waals surface area contributed by atoms with E-state index in [1.165, 1.54) is 23.5 Å². The zero-order valence-electron chi connectivity index (χ0n) is 17.0. The first-order valence-corrected chi connectivity index (χ1v) is 11.0. The molecule has 0 aliphatic carbocycles. The number of nitrogens with zero attached hydrogens (tertiary/aromatic N) is 4. The summed E-state index contributed by atoms with van der Waals surface area (Å²) < 4.78 is 20.1. The Morgan fingerprint density at radius 3 is 2.45 bits per heavy atom. The predicted molar refractivity (Wildman–Crippen MR) is 119 cm³/mol. The second-order valence-electron chi connectivity index (χ2n) is 7.60. The van der Waals surface area contributed by atoms with Crippen molar-refractivity contribution in [2.24, 2.45) is 5.92 Å². The summed E-state index contributed by atoms with van der Waals surface area (Å²) in [4.78, 5) is 20.5. The average Bonchev–Trinajstić information content (AvgIpc) is 3.39. The Morgan fingerprint density at radius 1 is 1.10 bits per heavy atom. The number of ether oxygens (including phenoxy) is 1. The zero-order chi connectivity index (χ0) is 21.4. The van der Waals surface area contributed by atoms with Crippen LogP contribution < -0.4 is 9.64 Å². The van der Waals surface area contributed by atoms with Gasteiger partial charge in [0.25, 0.3) is 0 Å². The first-order valence-electron chi connectivity index (χ1n) is 10.2. The standard InChI is InChI=1S/C23H21FN4O2S/c1-30-19-8-4-16(5-9-19)21(29)17-10-12-27(13-11-17)23-26-28-14-20(25-22(28)31-23)15-2-6-18(24)7-3-15/h2-9,14,17H,10-13H2,1H3. The molecule has 2 aromatic heterocycles. The topological polar surface area (TPSA) is 59.7 Å². The van der Waals surface area contributed by atoms with E-state index in [0.29, 0.717) is 0 Å². The van der Waals surface area contributed by atoms with Crippen molar-refractivity contribution in [3.8, 4) is 17.0 Å². The van der Waals surface area contributed by atoms with Crippen LogP contribution >= 0.6 is 11.3 Å². The number of aromatic nitrogens is 3. The Balaban J connectivity index is 1.25. The summed E-state index contributed by atoms with van der Waals surface area (Å²) in [5, 5.41) is 5.58. The van der Waals surface area contributed by atoms with Crippen molar-refractivity contribution < 1.29 is 13.9 Å². The number of ketones is 1. The molecule has 0 unspecified atom stereocenters. The lowest BCUT2D eigenvalue weighted by atomic mass is 9.89. The lowest BCUT2D eigenvalue weighted by molar-refractivity contribution is 0.0900. The van der Waals surface area contributed by atoms with Gasteiger partial charge in [0, 0.05) is 30.1 Å². The number of Topliss-reactive ketones (excluding diaryl/α,β-unsaturated/α-hetero) is 1. The second-order valence-corrected chi connectivity index (χ2v) is 8.53. The van der Waals surface area contributed by atoms with Gasteiger partial charge >= 0.3 is 0 Å². The highest BCUT2D eigenvalue weighted by Crippen LogP contribution is 2.31. The lowest BCUT2D eigenvalue weighted by Gasteiger charge is -2.30. The van der Waals surface area contributed by atoms with Crippen molar-refractivity contribution in [3.63, 3.8) is 0 Å². The molecule has 158 valence electrons. The number of fused-ring (bicyclic) bond motifs is 1. The van der Waals surface area contributed by atoms with Gasteiger partial charge in [0.05, 0.1) is 19.0 Å². The van der Waals surface area contributed by atoms with E-state index in [1.807, 2.05) is 30.5 Å². The summed E-state index contributed by atoms with van der Waals surface area (Å²) in [5.41, 5.74) is 2.37. The molecule has 1 aliphatic heterocycles. The van der Waals surface area contributed by atoms with Gasteiger partial charge in [0.1, 0.15) is 11.6 Å². The Hall–Kier alpha value is -3.26. The largest absolute Gasteiger partial charge is 0.497 e. The maximum atomic E-state index is 13.1. The van der Waals surface area contributed by atoms with Gasteiger partial charge in [-0.3, -0.25) is 4.79 Å². The minimum atomic E-state index is -0.265. The number of halogens is 1. The van der Waals surface area contributed by atoms with E-state index >= 15 is 0 Å². The fourth-order valence-corrected chi connectivity index (χ4v) is 4.84. The summed E-state index contributed by atoms with van der Waals surface area (Å²) in [6.45, 7) is 1.57. The molecule has 0 N–H and O–H groups in total. The van der Waals surface area contributed by atoms with E-state index < -0.39 is 0 Å². The van der Waals surface area contributed by atoms with Gasteiger partial charge in [-0.05, 0) is 61.4 Å². The Labute approximate surface area is 182 Å². The van der Waals surface area contributed by atoms with Crippen LogP contribution in [0.15, 0.2) is 54.7 Å². The minimum absolute atomic E-state index is 0.0266. The van der Waals surface area contributed by atoms with Crippen LogP contribution in [-0.2, 0) is 0 Å². The third-order valence-electron chi connectivity index (χ3n) is 5.68. The fourth-order valence-electron chi connectivity index (χ4n) is 3.90. The van der Waals surface area contributed by atoms with E-state index in [0.717, 1.165) is 58.6 Å². The van der Waals surface area contributed by atoms with Crippen LogP contribution in [0.25, 0.3) is 16.2 Å². The van der Waals surface area contributed by atoms with E-state index in [-0.39, 0.29) is 17.5 Å². The van der Waals surface area contributed by atoms with Gasteiger partial charge in [-0.25, -0.2) is 13.9 Å². The van der Waals surface area contributed by atoms with Gasteiger partial charge < -0.3 is 9.64 Å². The molecule has 3 heterocycles. The number of benzene rings is 2. The Morgan fingerprint density at radius 2 is 1.81 bits per heavy atom. The monoisotopic (exact) mass is 436 g/mol. The van der Waals surface area contributed by atoms with Crippen LogP contribution in [0.3, 0.4) is 0 Å². The number of carbonyl (C=O) groups excluding carboxylic acids is 1. The minimum Gasteiger partial charge on any atom is -0.497 e. The maximum Gasteiger partial charge on any atom is 0.214 e. The number of rotatable bonds is 5. The van der Waals surface area contributed by atoms with Crippen molar-refractivity contribution in [2.45, 2.75) is 12.8 Å². The highest BCUT2D eigenvalue weighted by Gasteiger charge is 2.27. The normalized spacial score (nSPS) is 14.8. The molecule has 6 nitrogen and oxygen atoms in total. The van der Waals surface area contributed by atoms with Crippen LogP contribution in [0.1, 0.15) is 23.2 Å². The predicted octanol–water partition coefficient (Wildman–Crippen LogP) is 4.70. The molecule has 0 bridgehead atoms. The summed E-state index contributed by atoms with van der Waals surface area (Å²) in [5.74, 6) is 0.709. The molecule has 0 atom stereocenters. The molecule has 0 saturated carbocycles. The maximum absolute atomic E-state index is 13.1. The van der Waals surface area contributed by atoms with E-state index in [4.69, 9.17) is 4.74 Å². The van der Waals surface area contributed by atoms with Crippen molar-refractivity contribution >= 4 is 27.2 Å². The molecule has 0 radical (unpaired) electrons. The molecule has 0 spiro atoms. The van der Waals surface area contributed by atoms with Crippen LogP contribution in [0.4, 0.5) is 9.52 Å².